The zero-order chi connectivity index (χ0) is 28.8. The molecule has 1 N–H and O–H groups in total. The van der Waals surface area contributed by atoms with E-state index in [0.29, 0.717) is 12.1 Å². The van der Waals surface area contributed by atoms with Crippen LogP contribution in [0, 0.1) is 13.8 Å². The smallest absolute Gasteiger partial charge is 0.264 e. The molecule has 7 nitrogen and oxygen atoms in total. The number of nitrogens with one attached hydrogen (secondary N) is 1. The van der Waals surface area contributed by atoms with Crippen molar-refractivity contribution in [1.82, 2.24) is 10.2 Å². The fourth-order valence-corrected chi connectivity index (χ4v) is 5.87. The van der Waals surface area contributed by atoms with E-state index >= 15 is 0 Å². The Labute approximate surface area is 232 Å². The molecule has 2 amide bonds. The molecule has 0 fully saturated rings. The Morgan fingerprint density at radius 1 is 0.897 bits per heavy atom. The van der Waals surface area contributed by atoms with Crippen LogP contribution in [0.5, 0.6) is 0 Å². The van der Waals surface area contributed by atoms with Gasteiger partial charge in [0, 0.05) is 12.1 Å². The predicted molar refractivity (Wildman–Crippen MR) is 156 cm³/mol. The topological polar surface area (TPSA) is 86.8 Å². The SMILES string of the molecule is CC[C@H](C(=O)NC(C)(C)C)N(Cc1ccccc1)C(=O)CN(c1cc(C)ccc1C)S(=O)(=O)c1ccccc1. The van der Waals surface area contributed by atoms with Crippen LogP contribution in [-0.2, 0) is 26.2 Å². The number of benzene rings is 3. The zero-order valence-corrected chi connectivity index (χ0v) is 24.5. The third-order valence-electron chi connectivity index (χ3n) is 6.32. The minimum atomic E-state index is -4.09. The van der Waals surface area contributed by atoms with Gasteiger partial charge in [0.25, 0.3) is 10.0 Å². The molecule has 3 aromatic rings. The van der Waals surface area contributed by atoms with E-state index in [2.05, 4.69) is 5.32 Å². The van der Waals surface area contributed by atoms with Crippen molar-refractivity contribution in [2.24, 2.45) is 0 Å². The van der Waals surface area contributed by atoms with Gasteiger partial charge >= 0.3 is 0 Å². The van der Waals surface area contributed by atoms with E-state index in [1.165, 1.54) is 21.3 Å². The highest BCUT2D eigenvalue weighted by Gasteiger charge is 2.35. The number of sulfonamides is 1. The summed E-state index contributed by atoms with van der Waals surface area (Å²) < 4.78 is 29.1. The Hall–Kier alpha value is -3.65. The van der Waals surface area contributed by atoms with E-state index < -0.39 is 34.1 Å². The lowest BCUT2D eigenvalue weighted by molar-refractivity contribution is -0.141. The molecule has 0 aliphatic rings. The second kappa shape index (κ2) is 12.5. The van der Waals surface area contributed by atoms with Gasteiger partial charge in [-0.3, -0.25) is 13.9 Å². The Bertz CT molecular complexity index is 1380. The summed E-state index contributed by atoms with van der Waals surface area (Å²) in [7, 11) is -4.09. The van der Waals surface area contributed by atoms with Crippen LogP contribution in [-0.4, -0.2) is 43.3 Å². The Morgan fingerprint density at radius 3 is 2.05 bits per heavy atom. The van der Waals surface area contributed by atoms with Gasteiger partial charge in [0.05, 0.1) is 10.6 Å². The van der Waals surface area contributed by atoms with E-state index in [1.54, 1.807) is 24.3 Å². The molecule has 208 valence electrons. The van der Waals surface area contributed by atoms with E-state index in [1.807, 2.05) is 84.0 Å². The largest absolute Gasteiger partial charge is 0.350 e. The number of anilines is 1. The predicted octanol–water partition coefficient (Wildman–Crippen LogP) is 5.22. The first-order valence-electron chi connectivity index (χ1n) is 13.1. The molecule has 0 spiro atoms. The molecule has 0 radical (unpaired) electrons. The van der Waals surface area contributed by atoms with Crippen LogP contribution in [0.2, 0.25) is 0 Å². The molecule has 3 aromatic carbocycles. The fraction of sp³-hybridized carbons (Fsp3) is 0.355. The van der Waals surface area contributed by atoms with E-state index in [9.17, 15) is 18.0 Å². The minimum Gasteiger partial charge on any atom is -0.350 e. The van der Waals surface area contributed by atoms with E-state index in [4.69, 9.17) is 0 Å². The van der Waals surface area contributed by atoms with Crippen molar-refractivity contribution in [1.29, 1.82) is 0 Å². The van der Waals surface area contributed by atoms with E-state index in [-0.39, 0.29) is 17.3 Å². The van der Waals surface area contributed by atoms with Crippen molar-refractivity contribution in [3.8, 4) is 0 Å². The number of carbonyl (C=O) groups excluding carboxylic acids is 2. The van der Waals surface area contributed by atoms with E-state index in [0.717, 1.165) is 16.7 Å². The summed E-state index contributed by atoms with van der Waals surface area (Å²) in [5.41, 5.74) is 2.37. The van der Waals surface area contributed by atoms with Crippen molar-refractivity contribution < 1.29 is 18.0 Å². The van der Waals surface area contributed by atoms with Crippen molar-refractivity contribution in [3.63, 3.8) is 0 Å². The maximum Gasteiger partial charge on any atom is 0.264 e. The second-order valence-electron chi connectivity index (χ2n) is 10.8. The summed E-state index contributed by atoms with van der Waals surface area (Å²) in [4.78, 5) is 29.1. The average Bonchev–Trinajstić information content (AvgIpc) is 2.88. The number of hydrogen-bond donors (Lipinski definition) is 1. The molecule has 39 heavy (non-hydrogen) atoms. The number of nitrogens with zero attached hydrogens (tertiary/aromatic N) is 2. The number of hydrogen-bond acceptors (Lipinski definition) is 4. The van der Waals surface area contributed by atoms with Gasteiger partial charge in [-0.25, -0.2) is 8.42 Å². The highest BCUT2D eigenvalue weighted by Crippen LogP contribution is 2.28. The lowest BCUT2D eigenvalue weighted by Gasteiger charge is -2.35. The Morgan fingerprint density at radius 2 is 1.49 bits per heavy atom. The van der Waals surface area contributed by atoms with Crippen LogP contribution in [0.25, 0.3) is 0 Å². The highest BCUT2D eigenvalue weighted by atomic mass is 32.2. The van der Waals surface area contributed by atoms with Gasteiger partial charge < -0.3 is 10.2 Å². The molecular weight excluding hydrogens is 510 g/mol. The summed E-state index contributed by atoms with van der Waals surface area (Å²) in [6, 6.07) is 22.2. The summed E-state index contributed by atoms with van der Waals surface area (Å²) in [5, 5.41) is 2.98. The molecule has 0 heterocycles. The second-order valence-corrected chi connectivity index (χ2v) is 12.6. The molecule has 0 bridgehead atoms. The number of carbonyl (C=O) groups is 2. The van der Waals surface area contributed by atoms with Crippen molar-refractivity contribution in [3.05, 3.63) is 95.6 Å². The maximum atomic E-state index is 14.1. The molecule has 0 saturated carbocycles. The fourth-order valence-electron chi connectivity index (χ4n) is 4.37. The number of rotatable bonds is 10. The van der Waals surface area contributed by atoms with Crippen LogP contribution >= 0.6 is 0 Å². The van der Waals surface area contributed by atoms with Gasteiger partial charge in [-0.15, -0.1) is 0 Å². The standard InChI is InChI=1S/C31H39N3O4S/c1-7-27(30(36)32-31(4,5)6)33(21-25-14-10-8-11-15-25)29(35)22-34(28-20-23(2)18-19-24(28)3)39(37,38)26-16-12-9-13-17-26/h8-20,27H,7,21-22H2,1-6H3,(H,32,36)/t27-/m1/s1. The van der Waals surface area contributed by atoms with Gasteiger partial charge in [0.2, 0.25) is 11.8 Å². The Kier molecular flexibility index (Phi) is 9.56. The van der Waals surface area contributed by atoms with Crippen LogP contribution in [0.1, 0.15) is 50.8 Å². The lowest BCUT2D eigenvalue weighted by atomic mass is 10.1. The molecule has 0 saturated heterocycles. The number of amides is 2. The summed E-state index contributed by atoms with van der Waals surface area (Å²) in [6.07, 6.45) is 0.370. The molecule has 8 heteroatoms. The zero-order valence-electron chi connectivity index (χ0n) is 23.6. The maximum absolute atomic E-state index is 14.1. The molecule has 0 aromatic heterocycles. The molecule has 1 atom stereocenters. The van der Waals surface area contributed by atoms with Crippen LogP contribution in [0.3, 0.4) is 0 Å². The normalized spacial score (nSPS) is 12.5. The third kappa shape index (κ3) is 7.69. The quantitative estimate of drug-likeness (QED) is 0.376. The molecule has 0 unspecified atom stereocenters. The van der Waals surface area contributed by atoms with Gasteiger partial charge in [-0.05, 0) is 75.9 Å². The summed E-state index contributed by atoms with van der Waals surface area (Å²) >= 11 is 0. The average molecular weight is 550 g/mol. The van der Waals surface area contributed by atoms with Gasteiger partial charge in [-0.1, -0.05) is 67.6 Å². The van der Waals surface area contributed by atoms with Crippen molar-refractivity contribution in [2.45, 2.75) is 71.0 Å². The molecular formula is C31H39N3O4S. The summed E-state index contributed by atoms with van der Waals surface area (Å²) in [5.74, 6) is -0.742. The summed E-state index contributed by atoms with van der Waals surface area (Å²) in [6.45, 7) is 10.9. The molecule has 3 rings (SSSR count). The van der Waals surface area contributed by atoms with Crippen LogP contribution < -0.4 is 9.62 Å². The monoisotopic (exact) mass is 549 g/mol. The first-order valence-corrected chi connectivity index (χ1v) is 14.6. The Balaban J connectivity index is 2.09. The van der Waals surface area contributed by atoms with Gasteiger partial charge in [-0.2, -0.15) is 0 Å². The molecule has 0 aliphatic carbocycles. The number of aryl methyl sites for hydroxylation is 2. The van der Waals surface area contributed by atoms with Crippen LogP contribution in [0.15, 0.2) is 83.8 Å². The minimum absolute atomic E-state index is 0.0887. The van der Waals surface area contributed by atoms with Crippen molar-refractivity contribution in [2.75, 3.05) is 10.8 Å². The van der Waals surface area contributed by atoms with Crippen LogP contribution in [0.4, 0.5) is 5.69 Å². The first-order chi connectivity index (χ1) is 18.3. The van der Waals surface area contributed by atoms with Crippen molar-refractivity contribution >= 4 is 27.5 Å². The first kappa shape index (κ1) is 29.9. The lowest BCUT2D eigenvalue weighted by Crippen LogP contribution is -2.55. The van der Waals surface area contributed by atoms with Gasteiger partial charge in [0.1, 0.15) is 12.6 Å². The third-order valence-corrected chi connectivity index (χ3v) is 8.10. The molecule has 0 aliphatic heterocycles. The highest BCUT2D eigenvalue weighted by molar-refractivity contribution is 7.92. The van der Waals surface area contributed by atoms with Gasteiger partial charge in [0.15, 0.2) is 0 Å².